The van der Waals surface area contributed by atoms with Crippen molar-refractivity contribution in [3.05, 3.63) is 0 Å². The van der Waals surface area contributed by atoms with Gasteiger partial charge in [-0.25, -0.2) is 0 Å². The molecule has 2 heteroatoms. The van der Waals surface area contributed by atoms with Gasteiger partial charge in [-0.3, -0.25) is 0 Å². The van der Waals surface area contributed by atoms with Crippen LogP contribution in [0, 0.1) is 11.8 Å². The van der Waals surface area contributed by atoms with Gasteiger partial charge in [-0.2, -0.15) is 0 Å². The molecule has 0 aliphatic carbocycles. The highest BCUT2D eigenvalue weighted by molar-refractivity contribution is 4.77. The van der Waals surface area contributed by atoms with E-state index in [4.69, 9.17) is 0 Å². The average molecular weight is 182 g/mol. The second kappa shape index (κ2) is 4.43. The average Bonchev–Trinajstić information content (AvgIpc) is 2.62. The largest absolute Gasteiger partial charge is 0.316 e. The van der Waals surface area contributed by atoms with E-state index in [0.717, 1.165) is 11.8 Å². The van der Waals surface area contributed by atoms with Gasteiger partial charge in [-0.15, -0.1) is 0 Å². The van der Waals surface area contributed by atoms with Crippen LogP contribution in [0.15, 0.2) is 0 Å². The number of rotatable bonds is 2. The first-order valence-corrected chi connectivity index (χ1v) is 5.74. The molecule has 0 saturated carbocycles. The summed E-state index contributed by atoms with van der Waals surface area (Å²) in [5.41, 5.74) is 0. The molecule has 2 aliphatic heterocycles. The molecule has 2 rings (SSSR count). The first-order valence-electron chi connectivity index (χ1n) is 5.74. The maximum Gasteiger partial charge on any atom is -0.00191 e. The normalized spacial score (nSPS) is 32.5. The highest BCUT2D eigenvalue weighted by atomic mass is 15.1. The minimum Gasteiger partial charge on any atom is -0.316 e. The van der Waals surface area contributed by atoms with Gasteiger partial charge in [0, 0.05) is 0 Å². The molecule has 2 heterocycles. The van der Waals surface area contributed by atoms with Crippen molar-refractivity contribution in [2.75, 3.05) is 33.2 Å². The van der Waals surface area contributed by atoms with Crippen molar-refractivity contribution in [2.45, 2.75) is 25.7 Å². The summed E-state index contributed by atoms with van der Waals surface area (Å²) in [7, 11) is 2.24. The smallest absolute Gasteiger partial charge is 0.00191 e. The number of likely N-dealkylation sites (tertiary alicyclic amines) is 1. The molecule has 13 heavy (non-hydrogen) atoms. The lowest BCUT2D eigenvalue weighted by Gasteiger charge is -2.30. The SMILES string of the molecule is CN1CCC(C[C@H]2CCNC2)CC1. The van der Waals surface area contributed by atoms with E-state index < -0.39 is 0 Å². The van der Waals surface area contributed by atoms with Crippen LogP contribution in [0.25, 0.3) is 0 Å². The highest BCUT2D eigenvalue weighted by Crippen LogP contribution is 2.26. The lowest BCUT2D eigenvalue weighted by molar-refractivity contribution is 0.198. The van der Waals surface area contributed by atoms with Crippen LogP contribution >= 0.6 is 0 Å². The molecule has 2 aliphatic rings. The molecule has 2 nitrogen and oxygen atoms in total. The van der Waals surface area contributed by atoms with E-state index in [1.807, 2.05) is 0 Å². The summed E-state index contributed by atoms with van der Waals surface area (Å²) in [5, 5.41) is 3.46. The fraction of sp³-hybridized carbons (Fsp3) is 1.00. The quantitative estimate of drug-likeness (QED) is 0.693. The summed E-state index contributed by atoms with van der Waals surface area (Å²) in [6.45, 7) is 5.19. The molecule has 0 aromatic heterocycles. The molecule has 76 valence electrons. The van der Waals surface area contributed by atoms with Crippen LogP contribution in [0.2, 0.25) is 0 Å². The first-order chi connectivity index (χ1) is 6.34. The Morgan fingerprint density at radius 1 is 1.15 bits per heavy atom. The number of nitrogens with zero attached hydrogens (tertiary/aromatic N) is 1. The van der Waals surface area contributed by atoms with Gasteiger partial charge >= 0.3 is 0 Å². The summed E-state index contributed by atoms with van der Waals surface area (Å²) in [5.74, 6) is 2.02. The first kappa shape index (κ1) is 9.47. The molecule has 1 atom stereocenters. The minimum absolute atomic E-state index is 0.994. The Kier molecular flexibility index (Phi) is 3.23. The van der Waals surface area contributed by atoms with Crippen molar-refractivity contribution < 1.29 is 0 Å². The second-order valence-corrected chi connectivity index (χ2v) is 4.84. The third-order valence-corrected chi connectivity index (χ3v) is 3.67. The van der Waals surface area contributed by atoms with Crippen LogP contribution < -0.4 is 5.32 Å². The van der Waals surface area contributed by atoms with Crippen LogP contribution in [0.4, 0.5) is 0 Å². The molecule has 0 amide bonds. The molecule has 0 spiro atoms. The predicted octanol–water partition coefficient (Wildman–Crippen LogP) is 1.33. The Bertz CT molecular complexity index is 144. The van der Waals surface area contributed by atoms with Crippen LogP contribution in [0.5, 0.6) is 0 Å². The third kappa shape index (κ3) is 2.68. The van der Waals surface area contributed by atoms with E-state index in [-0.39, 0.29) is 0 Å². The van der Waals surface area contributed by atoms with Gasteiger partial charge < -0.3 is 10.2 Å². The summed E-state index contributed by atoms with van der Waals surface area (Å²) in [6.07, 6.45) is 5.78. The maximum absolute atomic E-state index is 3.46. The van der Waals surface area contributed by atoms with Gasteiger partial charge in [0.15, 0.2) is 0 Å². The van der Waals surface area contributed by atoms with E-state index in [9.17, 15) is 0 Å². The van der Waals surface area contributed by atoms with E-state index in [1.165, 1.54) is 51.9 Å². The molecular formula is C11H22N2. The van der Waals surface area contributed by atoms with Crippen LogP contribution in [-0.4, -0.2) is 38.1 Å². The van der Waals surface area contributed by atoms with E-state index in [2.05, 4.69) is 17.3 Å². The van der Waals surface area contributed by atoms with E-state index in [0.29, 0.717) is 0 Å². The van der Waals surface area contributed by atoms with E-state index >= 15 is 0 Å². The van der Waals surface area contributed by atoms with Crippen LogP contribution in [0.3, 0.4) is 0 Å². The molecule has 0 unspecified atom stereocenters. The number of piperidine rings is 1. The Hall–Kier alpha value is -0.0800. The topological polar surface area (TPSA) is 15.3 Å². The van der Waals surface area contributed by atoms with Crippen molar-refractivity contribution in [3.63, 3.8) is 0 Å². The summed E-state index contributed by atoms with van der Waals surface area (Å²) < 4.78 is 0. The van der Waals surface area contributed by atoms with Gasteiger partial charge in [-0.1, -0.05) is 0 Å². The standard InChI is InChI=1S/C11H22N2/c1-13-6-3-10(4-7-13)8-11-2-5-12-9-11/h10-12H,2-9H2,1H3/t11-/m1/s1. The van der Waals surface area contributed by atoms with Crippen molar-refractivity contribution >= 4 is 0 Å². The molecule has 0 bridgehead atoms. The van der Waals surface area contributed by atoms with Gasteiger partial charge in [0.25, 0.3) is 0 Å². The van der Waals surface area contributed by atoms with Gasteiger partial charge in [0.1, 0.15) is 0 Å². The highest BCUT2D eigenvalue weighted by Gasteiger charge is 2.22. The third-order valence-electron chi connectivity index (χ3n) is 3.67. The lowest BCUT2D eigenvalue weighted by atomic mass is 9.87. The fourth-order valence-corrected chi connectivity index (χ4v) is 2.68. The zero-order chi connectivity index (χ0) is 9.10. The van der Waals surface area contributed by atoms with E-state index in [1.54, 1.807) is 0 Å². The Labute approximate surface area is 81.7 Å². The minimum atomic E-state index is 0.994. The molecule has 2 fully saturated rings. The Morgan fingerprint density at radius 3 is 2.54 bits per heavy atom. The van der Waals surface area contributed by atoms with Crippen molar-refractivity contribution in [3.8, 4) is 0 Å². The number of hydrogen-bond donors (Lipinski definition) is 1. The van der Waals surface area contributed by atoms with Gasteiger partial charge in [0.05, 0.1) is 0 Å². The van der Waals surface area contributed by atoms with Gasteiger partial charge in [-0.05, 0) is 70.7 Å². The molecule has 0 aromatic carbocycles. The lowest BCUT2D eigenvalue weighted by Crippen LogP contribution is -2.31. The zero-order valence-electron chi connectivity index (χ0n) is 8.76. The fourth-order valence-electron chi connectivity index (χ4n) is 2.68. The van der Waals surface area contributed by atoms with Crippen LogP contribution in [0.1, 0.15) is 25.7 Å². The summed E-state index contributed by atoms with van der Waals surface area (Å²) >= 11 is 0. The van der Waals surface area contributed by atoms with Crippen LogP contribution in [-0.2, 0) is 0 Å². The monoisotopic (exact) mass is 182 g/mol. The van der Waals surface area contributed by atoms with Crippen molar-refractivity contribution in [1.29, 1.82) is 0 Å². The molecular weight excluding hydrogens is 160 g/mol. The Balaban J connectivity index is 1.69. The zero-order valence-corrected chi connectivity index (χ0v) is 8.76. The van der Waals surface area contributed by atoms with Gasteiger partial charge in [0.2, 0.25) is 0 Å². The molecule has 1 N–H and O–H groups in total. The number of hydrogen-bond acceptors (Lipinski definition) is 2. The summed E-state index contributed by atoms with van der Waals surface area (Å²) in [4.78, 5) is 2.46. The molecule has 0 aromatic rings. The molecule has 2 saturated heterocycles. The van der Waals surface area contributed by atoms with Crippen molar-refractivity contribution in [1.82, 2.24) is 10.2 Å². The molecule has 0 radical (unpaired) electrons. The predicted molar refractivity (Wildman–Crippen MR) is 55.8 cm³/mol. The summed E-state index contributed by atoms with van der Waals surface area (Å²) in [6, 6.07) is 0. The second-order valence-electron chi connectivity index (χ2n) is 4.84. The maximum atomic E-state index is 3.46. The Morgan fingerprint density at radius 2 is 1.92 bits per heavy atom. The number of nitrogens with one attached hydrogen (secondary N) is 1. The van der Waals surface area contributed by atoms with Crippen molar-refractivity contribution in [2.24, 2.45) is 11.8 Å².